The topological polar surface area (TPSA) is 110 Å². The molecule has 1 aromatic carbocycles. The van der Waals surface area contributed by atoms with Crippen LogP contribution in [0.4, 0.5) is 0 Å². The van der Waals surface area contributed by atoms with Crippen LogP contribution in [0.15, 0.2) is 22.7 Å². The van der Waals surface area contributed by atoms with Crippen molar-refractivity contribution < 1.29 is 14.7 Å². The molecule has 0 saturated heterocycles. The summed E-state index contributed by atoms with van der Waals surface area (Å²) >= 11 is 3.19. The maximum Gasteiger partial charge on any atom is 0.335 e. The number of carboxylic acids is 1. The summed E-state index contributed by atoms with van der Waals surface area (Å²) in [6, 6.07) is 4.28. The molecule has 0 aliphatic rings. The van der Waals surface area contributed by atoms with Gasteiger partial charge in [0.15, 0.2) is 5.82 Å². The zero-order chi connectivity index (χ0) is 17.2. The Morgan fingerprint density at radius 1 is 1.26 bits per heavy atom. The maximum absolute atomic E-state index is 12.1. The molecule has 0 radical (unpaired) electrons. The molecule has 8 nitrogen and oxygen atoms in total. The Labute approximate surface area is 141 Å². The van der Waals surface area contributed by atoms with Crippen molar-refractivity contribution in [3.8, 4) is 0 Å². The van der Waals surface area contributed by atoms with Gasteiger partial charge in [0.25, 0.3) is 5.91 Å². The number of carbonyl (C=O) groups is 2. The van der Waals surface area contributed by atoms with Gasteiger partial charge in [0, 0.05) is 10.0 Å². The molecule has 2 N–H and O–H groups in total. The van der Waals surface area contributed by atoms with E-state index in [9.17, 15) is 9.59 Å². The molecule has 0 unspecified atom stereocenters. The summed E-state index contributed by atoms with van der Waals surface area (Å²) in [5.74, 6) is -1.14. The molecular weight excluding hydrogens is 366 g/mol. The van der Waals surface area contributed by atoms with Gasteiger partial charge < -0.3 is 10.4 Å². The third-order valence-corrected chi connectivity index (χ3v) is 3.33. The van der Waals surface area contributed by atoms with E-state index in [1.807, 2.05) is 20.8 Å². The zero-order valence-electron chi connectivity index (χ0n) is 12.9. The molecule has 0 fully saturated rings. The van der Waals surface area contributed by atoms with Gasteiger partial charge in [0.2, 0.25) is 0 Å². The van der Waals surface area contributed by atoms with E-state index in [2.05, 4.69) is 36.7 Å². The van der Waals surface area contributed by atoms with E-state index >= 15 is 0 Å². The van der Waals surface area contributed by atoms with E-state index in [4.69, 9.17) is 5.11 Å². The van der Waals surface area contributed by atoms with Crippen molar-refractivity contribution in [2.24, 2.45) is 0 Å². The van der Waals surface area contributed by atoms with Gasteiger partial charge in [-0.15, -0.1) is 10.2 Å². The molecule has 0 aliphatic carbocycles. The Balaban J connectivity index is 2.08. The average Bonchev–Trinajstić information content (AvgIpc) is 2.93. The summed E-state index contributed by atoms with van der Waals surface area (Å²) in [6.07, 6.45) is 0. The number of aromatic nitrogens is 4. The van der Waals surface area contributed by atoms with Gasteiger partial charge in [-0.2, -0.15) is 4.80 Å². The molecule has 0 atom stereocenters. The number of aromatic carboxylic acids is 1. The highest BCUT2D eigenvalue weighted by Gasteiger charge is 2.17. The largest absolute Gasteiger partial charge is 0.478 e. The summed E-state index contributed by atoms with van der Waals surface area (Å²) < 4.78 is 0.513. The Kier molecular flexibility index (Phi) is 4.79. The zero-order valence-corrected chi connectivity index (χ0v) is 14.5. The summed E-state index contributed by atoms with van der Waals surface area (Å²) in [7, 11) is 0. The Hall–Kier alpha value is -2.29. The van der Waals surface area contributed by atoms with Crippen LogP contribution in [0.25, 0.3) is 0 Å². The molecule has 0 aliphatic heterocycles. The Morgan fingerprint density at radius 2 is 1.91 bits per heavy atom. The first-order chi connectivity index (χ1) is 10.7. The number of carbonyl (C=O) groups excluding carboxylic acids is 1. The van der Waals surface area contributed by atoms with Gasteiger partial charge in [-0.05, 0) is 44.2 Å². The minimum absolute atomic E-state index is 0.0290. The van der Waals surface area contributed by atoms with Gasteiger partial charge >= 0.3 is 5.97 Å². The fourth-order valence-corrected chi connectivity index (χ4v) is 2.20. The molecule has 1 amide bonds. The first-order valence-electron chi connectivity index (χ1n) is 6.78. The summed E-state index contributed by atoms with van der Waals surface area (Å²) in [5.41, 5.74) is -0.0306. The SMILES string of the molecule is CC(C)(C)n1nnc(CNC(=O)c2cc(Br)cc(C(=O)O)c2)n1. The van der Waals surface area contributed by atoms with Crippen molar-refractivity contribution in [1.29, 1.82) is 0 Å². The van der Waals surface area contributed by atoms with Crippen molar-refractivity contribution >= 4 is 27.8 Å². The maximum atomic E-state index is 12.1. The van der Waals surface area contributed by atoms with Crippen LogP contribution in [0.2, 0.25) is 0 Å². The lowest BCUT2D eigenvalue weighted by Crippen LogP contribution is -2.26. The van der Waals surface area contributed by atoms with Crippen LogP contribution in [-0.2, 0) is 12.1 Å². The molecule has 0 bridgehead atoms. The normalized spacial score (nSPS) is 11.3. The first kappa shape index (κ1) is 17.1. The molecule has 2 aromatic rings. The second kappa shape index (κ2) is 6.45. The second-order valence-electron chi connectivity index (χ2n) is 5.88. The van der Waals surface area contributed by atoms with Crippen molar-refractivity contribution in [2.75, 3.05) is 0 Å². The number of halogens is 1. The summed E-state index contributed by atoms with van der Waals surface area (Å²) in [6.45, 7) is 5.91. The lowest BCUT2D eigenvalue weighted by atomic mass is 10.1. The van der Waals surface area contributed by atoms with Crippen molar-refractivity contribution in [2.45, 2.75) is 32.9 Å². The number of nitrogens with zero attached hydrogens (tertiary/aromatic N) is 4. The third-order valence-electron chi connectivity index (χ3n) is 2.87. The minimum Gasteiger partial charge on any atom is -0.478 e. The van der Waals surface area contributed by atoms with E-state index in [0.29, 0.717) is 10.3 Å². The molecule has 122 valence electrons. The quantitative estimate of drug-likeness (QED) is 0.835. The number of hydrogen-bond acceptors (Lipinski definition) is 5. The number of rotatable bonds is 4. The number of hydrogen-bond donors (Lipinski definition) is 2. The molecule has 2 rings (SSSR count). The predicted molar refractivity (Wildman–Crippen MR) is 85.1 cm³/mol. The van der Waals surface area contributed by atoms with E-state index in [0.717, 1.165) is 0 Å². The molecule has 0 saturated carbocycles. The standard InChI is InChI=1S/C14H16BrN5O3/c1-14(2,3)20-18-11(17-19-20)7-16-12(21)8-4-9(13(22)23)6-10(15)5-8/h4-6H,7H2,1-3H3,(H,16,21)(H,22,23). The molecule has 1 aromatic heterocycles. The van der Waals surface area contributed by atoms with E-state index < -0.39 is 11.9 Å². The Bertz CT molecular complexity index is 751. The van der Waals surface area contributed by atoms with Crippen LogP contribution in [0.3, 0.4) is 0 Å². The van der Waals surface area contributed by atoms with Gasteiger partial charge in [-0.25, -0.2) is 4.79 Å². The van der Waals surface area contributed by atoms with Crippen molar-refractivity contribution in [3.05, 3.63) is 39.6 Å². The van der Waals surface area contributed by atoms with Gasteiger partial charge in [0.05, 0.1) is 17.6 Å². The molecule has 1 heterocycles. The van der Waals surface area contributed by atoms with Crippen LogP contribution < -0.4 is 5.32 Å². The van der Waals surface area contributed by atoms with Crippen LogP contribution in [-0.4, -0.2) is 37.2 Å². The summed E-state index contributed by atoms with van der Waals surface area (Å²) in [4.78, 5) is 24.6. The van der Waals surface area contributed by atoms with Crippen LogP contribution in [0.1, 0.15) is 47.3 Å². The Morgan fingerprint density at radius 3 is 2.48 bits per heavy atom. The fourth-order valence-electron chi connectivity index (χ4n) is 1.70. The lowest BCUT2D eigenvalue weighted by molar-refractivity contribution is 0.0697. The van der Waals surface area contributed by atoms with Crippen LogP contribution in [0, 0.1) is 0 Å². The average molecular weight is 382 g/mol. The number of nitrogens with one attached hydrogen (secondary N) is 1. The summed E-state index contributed by atoms with van der Waals surface area (Å²) in [5, 5.41) is 23.7. The van der Waals surface area contributed by atoms with Crippen LogP contribution in [0.5, 0.6) is 0 Å². The van der Waals surface area contributed by atoms with E-state index in [1.165, 1.54) is 16.9 Å². The van der Waals surface area contributed by atoms with E-state index in [-0.39, 0.29) is 23.2 Å². The van der Waals surface area contributed by atoms with Crippen LogP contribution >= 0.6 is 15.9 Å². The number of tetrazole rings is 1. The molecule has 9 heteroatoms. The lowest BCUT2D eigenvalue weighted by Gasteiger charge is -2.15. The van der Waals surface area contributed by atoms with Gasteiger partial charge in [-0.3, -0.25) is 4.79 Å². The smallest absolute Gasteiger partial charge is 0.335 e. The predicted octanol–water partition coefficient (Wildman–Crippen LogP) is 1.82. The molecular formula is C14H16BrN5O3. The third kappa shape index (κ3) is 4.35. The highest BCUT2D eigenvalue weighted by Crippen LogP contribution is 2.16. The number of carboxylic acid groups (broad SMARTS) is 1. The van der Waals surface area contributed by atoms with Gasteiger partial charge in [0.1, 0.15) is 0 Å². The fraction of sp³-hybridized carbons (Fsp3) is 0.357. The number of amides is 1. The van der Waals surface area contributed by atoms with Gasteiger partial charge in [-0.1, -0.05) is 15.9 Å². The van der Waals surface area contributed by atoms with Crippen molar-refractivity contribution in [1.82, 2.24) is 25.5 Å². The van der Waals surface area contributed by atoms with Crippen molar-refractivity contribution in [3.63, 3.8) is 0 Å². The molecule has 0 spiro atoms. The highest BCUT2D eigenvalue weighted by molar-refractivity contribution is 9.10. The minimum atomic E-state index is -1.10. The second-order valence-corrected chi connectivity index (χ2v) is 6.80. The molecule has 23 heavy (non-hydrogen) atoms. The van der Waals surface area contributed by atoms with E-state index in [1.54, 1.807) is 6.07 Å². The highest BCUT2D eigenvalue weighted by atomic mass is 79.9. The monoisotopic (exact) mass is 381 g/mol. The first-order valence-corrected chi connectivity index (χ1v) is 7.57. The number of benzene rings is 1.